The average Bonchev–Trinajstić information content (AvgIpc) is 2.34. The second-order valence-electron chi connectivity index (χ2n) is 6.35. The van der Waals surface area contributed by atoms with E-state index in [1.165, 1.54) is 32.1 Å². The first-order chi connectivity index (χ1) is 6.85. The van der Waals surface area contributed by atoms with Crippen LogP contribution in [0.4, 0.5) is 0 Å². The Kier molecular flexibility index (Phi) is 3.86. The molecule has 0 aromatic carbocycles. The standard InChI is InChI=1S/C14H29N/c1-7-9-12(8-2)15-13(3,4)10-11-14(15,5)6/h12H,7-11H2,1-6H3. The van der Waals surface area contributed by atoms with E-state index in [9.17, 15) is 0 Å². The Balaban J connectivity index is 2.86. The smallest absolute Gasteiger partial charge is 0.0162 e. The highest BCUT2D eigenvalue weighted by atomic mass is 15.3. The highest BCUT2D eigenvalue weighted by Gasteiger charge is 2.46. The first-order valence-corrected chi connectivity index (χ1v) is 6.64. The van der Waals surface area contributed by atoms with Crippen LogP contribution in [0.3, 0.4) is 0 Å². The lowest BCUT2D eigenvalue weighted by Gasteiger charge is -2.46. The van der Waals surface area contributed by atoms with E-state index in [1.807, 2.05) is 0 Å². The molecular weight excluding hydrogens is 182 g/mol. The van der Waals surface area contributed by atoms with E-state index in [0.717, 1.165) is 6.04 Å². The topological polar surface area (TPSA) is 3.24 Å². The van der Waals surface area contributed by atoms with Gasteiger partial charge in [-0.25, -0.2) is 0 Å². The van der Waals surface area contributed by atoms with E-state index in [2.05, 4.69) is 46.4 Å². The Morgan fingerprint density at radius 1 is 1.00 bits per heavy atom. The first-order valence-electron chi connectivity index (χ1n) is 6.64. The zero-order valence-corrected chi connectivity index (χ0v) is 11.6. The van der Waals surface area contributed by atoms with Crippen molar-refractivity contribution in [1.82, 2.24) is 4.90 Å². The molecule has 0 aliphatic carbocycles. The molecule has 15 heavy (non-hydrogen) atoms. The number of hydrogen-bond acceptors (Lipinski definition) is 1. The van der Waals surface area contributed by atoms with Gasteiger partial charge in [0.2, 0.25) is 0 Å². The molecule has 0 radical (unpaired) electrons. The molecule has 1 atom stereocenters. The summed E-state index contributed by atoms with van der Waals surface area (Å²) in [7, 11) is 0. The van der Waals surface area contributed by atoms with Crippen molar-refractivity contribution >= 4 is 0 Å². The van der Waals surface area contributed by atoms with Gasteiger partial charge in [-0.3, -0.25) is 4.90 Å². The molecule has 1 heterocycles. The Labute approximate surface area is 96.2 Å². The van der Waals surface area contributed by atoms with Gasteiger partial charge in [0.25, 0.3) is 0 Å². The van der Waals surface area contributed by atoms with Gasteiger partial charge in [0.05, 0.1) is 0 Å². The second-order valence-corrected chi connectivity index (χ2v) is 6.35. The van der Waals surface area contributed by atoms with Gasteiger partial charge in [-0.1, -0.05) is 20.3 Å². The molecule has 0 saturated carbocycles. The molecule has 1 aliphatic rings. The predicted octanol–water partition coefficient (Wildman–Crippen LogP) is 4.22. The molecule has 1 nitrogen and oxygen atoms in total. The lowest BCUT2D eigenvalue weighted by Crippen LogP contribution is -2.53. The summed E-state index contributed by atoms with van der Waals surface area (Å²) in [6, 6.07) is 0.780. The van der Waals surface area contributed by atoms with Crippen LogP contribution in [0.5, 0.6) is 0 Å². The summed E-state index contributed by atoms with van der Waals surface area (Å²) in [5.41, 5.74) is 0.804. The van der Waals surface area contributed by atoms with Crippen LogP contribution in [0.15, 0.2) is 0 Å². The first kappa shape index (κ1) is 13.0. The van der Waals surface area contributed by atoms with Crippen LogP contribution >= 0.6 is 0 Å². The van der Waals surface area contributed by atoms with Crippen molar-refractivity contribution < 1.29 is 0 Å². The summed E-state index contributed by atoms with van der Waals surface area (Å²) in [4.78, 5) is 2.80. The summed E-state index contributed by atoms with van der Waals surface area (Å²) < 4.78 is 0. The van der Waals surface area contributed by atoms with Gasteiger partial charge < -0.3 is 0 Å². The maximum absolute atomic E-state index is 2.80. The SMILES string of the molecule is CCCC(CC)N1C(C)(C)CCC1(C)C. The molecule has 1 fully saturated rings. The third-order valence-electron chi connectivity index (χ3n) is 4.11. The van der Waals surface area contributed by atoms with Crippen molar-refractivity contribution in [3.63, 3.8) is 0 Å². The lowest BCUT2D eigenvalue weighted by molar-refractivity contribution is 0.0237. The maximum atomic E-state index is 2.80. The van der Waals surface area contributed by atoms with Crippen LogP contribution in [-0.4, -0.2) is 22.0 Å². The number of nitrogens with zero attached hydrogens (tertiary/aromatic N) is 1. The van der Waals surface area contributed by atoms with Crippen LogP contribution in [0, 0.1) is 0 Å². The van der Waals surface area contributed by atoms with Crippen LogP contribution in [0.25, 0.3) is 0 Å². The van der Waals surface area contributed by atoms with E-state index in [0.29, 0.717) is 11.1 Å². The molecular formula is C14H29N. The van der Waals surface area contributed by atoms with Gasteiger partial charge in [-0.15, -0.1) is 0 Å². The second kappa shape index (κ2) is 4.45. The zero-order valence-electron chi connectivity index (χ0n) is 11.6. The van der Waals surface area contributed by atoms with Crippen molar-refractivity contribution in [2.45, 2.75) is 90.8 Å². The van der Waals surface area contributed by atoms with Crippen LogP contribution in [-0.2, 0) is 0 Å². The number of hydrogen-bond donors (Lipinski definition) is 0. The van der Waals surface area contributed by atoms with Crippen molar-refractivity contribution in [3.8, 4) is 0 Å². The average molecular weight is 211 g/mol. The largest absolute Gasteiger partial charge is 0.290 e. The summed E-state index contributed by atoms with van der Waals surface area (Å²) in [6.07, 6.45) is 6.64. The van der Waals surface area contributed by atoms with Crippen LogP contribution in [0.1, 0.15) is 73.6 Å². The molecule has 1 rings (SSSR count). The van der Waals surface area contributed by atoms with Gasteiger partial charge in [-0.05, 0) is 53.4 Å². The molecule has 0 N–H and O–H groups in total. The van der Waals surface area contributed by atoms with E-state index in [1.54, 1.807) is 0 Å². The minimum absolute atomic E-state index is 0.402. The van der Waals surface area contributed by atoms with Gasteiger partial charge in [0, 0.05) is 17.1 Å². The van der Waals surface area contributed by atoms with Gasteiger partial charge in [0.15, 0.2) is 0 Å². The Hall–Kier alpha value is -0.0400. The molecule has 0 aromatic heterocycles. The third-order valence-corrected chi connectivity index (χ3v) is 4.11. The van der Waals surface area contributed by atoms with Gasteiger partial charge in [-0.2, -0.15) is 0 Å². The summed E-state index contributed by atoms with van der Waals surface area (Å²) in [5, 5.41) is 0. The highest BCUT2D eigenvalue weighted by Crippen LogP contribution is 2.43. The van der Waals surface area contributed by atoms with Crippen molar-refractivity contribution in [2.75, 3.05) is 0 Å². The van der Waals surface area contributed by atoms with Crippen molar-refractivity contribution in [2.24, 2.45) is 0 Å². The Morgan fingerprint density at radius 2 is 1.47 bits per heavy atom. The highest BCUT2D eigenvalue weighted by molar-refractivity contribution is 5.02. The third kappa shape index (κ3) is 2.55. The molecule has 0 spiro atoms. The van der Waals surface area contributed by atoms with Crippen LogP contribution in [0.2, 0.25) is 0 Å². The maximum Gasteiger partial charge on any atom is 0.0162 e. The summed E-state index contributed by atoms with van der Waals surface area (Å²) in [6.45, 7) is 14.3. The van der Waals surface area contributed by atoms with Crippen molar-refractivity contribution in [3.05, 3.63) is 0 Å². The Bertz CT molecular complexity index is 189. The molecule has 0 aromatic rings. The molecule has 0 bridgehead atoms. The fraction of sp³-hybridized carbons (Fsp3) is 1.00. The predicted molar refractivity (Wildman–Crippen MR) is 68.2 cm³/mol. The number of rotatable bonds is 4. The normalized spacial score (nSPS) is 26.8. The van der Waals surface area contributed by atoms with Crippen molar-refractivity contribution in [1.29, 1.82) is 0 Å². The molecule has 1 saturated heterocycles. The molecule has 1 unspecified atom stereocenters. The molecule has 0 amide bonds. The summed E-state index contributed by atoms with van der Waals surface area (Å²) in [5.74, 6) is 0. The zero-order chi connectivity index (χ0) is 11.7. The fourth-order valence-electron chi connectivity index (χ4n) is 3.51. The fourth-order valence-corrected chi connectivity index (χ4v) is 3.51. The van der Waals surface area contributed by atoms with Gasteiger partial charge >= 0.3 is 0 Å². The monoisotopic (exact) mass is 211 g/mol. The van der Waals surface area contributed by atoms with E-state index in [4.69, 9.17) is 0 Å². The lowest BCUT2D eigenvalue weighted by atomic mass is 9.96. The van der Waals surface area contributed by atoms with E-state index < -0.39 is 0 Å². The minimum Gasteiger partial charge on any atom is -0.290 e. The van der Waals surface area contributed by atoms with E-state index >= 15 is 0 Å². The molecule has 1 heteroatoms. The van der Waals surface area contributed by atoms with E-state index in [-0.39, 0.29) is 0 Å². The van der Waals surface area contributed by atoms with Gasteiger partial charge in [0.1, 0.15) is 0 Å². The molecule has 90 valence electrons. The Morgan fingerprint density at radius 3 is 1.80 bits per heavy atom. The minimum atomic E-state index is 0.402. The van der Waals surface area contributed by atoms with Crippen LogP contribution < -0.4 is 0 Å². The molecule has 1 aliphatic heterocycles. The number of likely N-dealkylation sites (tertiary alicyclic amines) is 1. The summed E-state index contributed by atoms with van der Waals surface area (Å²) >= 11 is 0. The quantitative estimate of drug-likeness (QED) is 0.673.